The van der Waals surface area contributed by atoms with E-state index in [2.05, 4.69) is 20.3 Å². The predicted octanol–water partition coefficient (Wildman–Crippen LogP) is 3.64. The van der Waals surface area contributed by atoms with Crippen LogP contribution in [0.25, 0.3) is 10.8 Å². The lowest BCUT2D eigenvalue weighted by Crippen LogP contribution is -2.59. The molecule has 0 radical (unpaired) electrons. The number of hydrogen-bond acceptors (Lipinski definition) is 9. The number of nitrogens with one attached hydrogen (secondary N) is 3. The first kappa shape index (κ1) is 37.3. The van der Waals surface area contributed by atoms with Crippen molar-refractivity contribution in [1.82, 2.24) is 25.2 Å². The van der Waals surface area contributed by atoms with E-state index in [1.807, 2.05) is 19.1 Å². The number of sulfonamides is 1. The number of benzene rings is 1. The Kier molecular flexibility index (Phi) is 10.2. The van der Waals surface area contributed by atoms with Gasteiger partial charge in [0.1, 0.15) is 23.7 Å². The maximum Gasteiger partial charge on any atom is 0.405 e. The van der Waals surface area contributed by atoms with E-state index in [1.54, 1.807) is 19.9 Å². The molecule has 1 saturated heterocycles. The summed E-state index contributed by atoms with van der Waals surface area (Å²) in [5, 5.41) is 15.8. The standard InChI is InChI=1S/C36H46FN5O9S/c1-5-35(11-12-35)52(48,49)41-33(45)36-18-23(36)9-7-6-8-20(2)14-21(3)29(39-34(46)47)32(44)42-19-24(16-27(42)30(43)40-36)51-31-25-17-26(37)28(50-4)15-22(25)10-13-38-31/h7,9-10,13,15,17,20-21,23-24,27,29,39H,5-6,8,11-12,14,16,18-19H2,1-4H3,(H,40,43)(H,41,45)(H,46,47)/t20-,21+,23+,24+,27-,29-,36+/m0/s1. The first-order chi connectivity index (χ1) is 24.6. The van der Waals surface area contributed by atoms with Gasteiger partial charge >= 0.3 is 6.09 Å². The molecule has 1 aromatic heterocycles. The summed E-state index contributed by atoms with van der Waals surface area (Å²) in [6.45, 7) is 5.39. The summed E-state index contributed by atoms with van der Waals surface area (Å²) in [4.78, 5) is 60.0. The van der Waals surface area contributed by atoms with Gasteiger partial charge in [0, 0.05) is 23.9 Å². The minimum atomic E-state index is -4.03. The maximum atomic E-state index is 14.8. The zero-order chi connectivity index (χ0) is 37.6. The van der Waals surface area contributed by atoms with Crippen LogP contribution in [-0.2, 0) is 24.4 Å². The smallest absolute Gasteiger partial charge is 0.405 e. The highest BCUT2D eigenvalue weighted by Crippen LogP contribution is 2.49. The number of rotatable bonds is 8. The molecule has 14 nitrogen and oxygen atoms in total. The van der Waals surface area contributed by atoms with E-state index in [1.165, 1.54) is 30.3 Å². The van der Waals surface area contributed by atoms with Crippen molar-refractivity contribution in [2.75, 3.05) is 13.7 Å². The third-order valence-electron chi connectivity index (χ3n) is 11.2. The Labute approximate surface area is 301 Å². The van der Waals surface area contributed by atoms with Crippen LogP contribution in [0.4, 0.5) is 9.18 Å². The van der Waals surface area contributed by atoms with E-state index in [4.69, 9.17) is 9.47 Å². The Bertz CT molecular complexity index is 1900. The van der Waals surface area contributed by atoms with Crippen molar-refractivity contribution in [2.24, 2.45) is 17.8 Å². The van der Waals surface area contributed by atoms with Crippen LogP contribution in [0.1, 0.15) is 72.1 Å². The van der Waals surface area contributed by atoms with Gasteiger partial charge in [-0.25, -0.2) is 22.6 Å². The van der Waals surface area contributed by atoms with Gasteiger partial charge in [0.2, 0.25) is 27.7 Å². The largest absolute Gasteiger partial charge is 0.494 e. The molecule has 0 bridgehead atoms. The number of aromatic nitrogens is 1. The normalized spacial score (nSPS) is 30.2. The number of halogens is 1. The molecule has 4 aliphatic rings. The minimum absolute atomic E-state index is 0.0279. The lowest BCUT2D eigenvalue weighted by molar-refractivity contribution is -0.142. The first-order valence-corrected chi connectivity index (χ1v) is 19.3. The summed E-state index contributed by atoms with van der Waals surface area (Å²) in [7, 11) is -2.69. The summed E-state index contributed by atoms with van der Waals surface area (Å²) in [6.07, 6.45) is 6.10. The molecule has 4 amide bonds. The van der Waals surface area contributed by atoms with Crippen molar-refractivity contribution in [3.8, 4) is 11.6 Å². The highest BCUT2D eigenvalue weighted by atomic mass is 32.2. The Morgan fingerprint density at radius 1 is 1.19 bits per heavy atom. The molecule has 6 rings (SSSR count). The molecule has 0 unspecified atom stereocenters. The van der Waals surface area contributed by atoms with Gasteiger partial charge in [-0.05, 0) is 80.4 Å². The summed E-state index contributed by atoms with van der Waals surface area (Å²) < 4.78 is 54.0. The Hall–Kier alpha value is -4.47. The molecule has 282 valence electrons. The number of carbonyl (C=O) groups is 4. The molecule has 2 aliphatic carbocycles. The Morgan fingerprint density at radius 2 is 1.94 bits per heavy atom. The highest BCUT2D eigenvalue weighted by molar-refractivity contribution is 7.91. The van der Waals surface area contributed by atoms with E-state index in [-0.39, 0.29) is 36.9 Å². The number of allylic oxidation sites excluding steroid dienone is 1. The number of hydrogen-bond donors (Lipinski definition) is 4. The third kappa shape index (κ3) is 7.13. The second-order valence-electron chi connectivity index (χ2n) is 14.8. The fraction of sp³-hybridized carbons (Fsp3) is 0.583. The summed E-state index contributed by atoms with van der Waals surface area (Å²) in [6, 6.07) is 1.94. The number of ether oxygens (including phenoxy) is 2. The lowest BCUT2D eigenvalue weighted by Gasteiger charge is -2.32. The number of carbonyl (C=O) groups excluding carboxylic acids is 3. The maximum absolute atomic E-state index is 14.8. The molecule has 4 N–H and O–H groups in total. The molecule has 0 spiro atoms. The Morgan fingerprint density at radius 3 is 2.62 bits per heavy atom. The third-order valence-corrected chi connectivity index (χ3v) is 13.5. The van der Waals surface area contributed by atoms with E-state index >= 15 is 0 Å². The Balaban J connectivity index is 1.34. The van der Waals surface area contributed by atoms with Crippen LogP contribution < -0.4 is 24.8 Å². The number of carboxylic acid groups (broad SMARTS) is 1. The molecule has 3 heterocycles. The lowest BCUT2D eigenvalue weighted by atomic mass is 9.88. The van der Waals surface area contributed by atoms with Gasteiger partial charge in [0.05, 0.1) is 18.4 Å². The van der Waals surface area contributed by atoms with E-state index in [0.29, 0.717) is 49.3 Å². The van der Waals surface area contributed by atoms with E-state index < -0.39 is 80.0 Å². The molecule has 2 aromatic rings. The van der Waals surface area contributed by atoms with Crippen molar-refractivity contribution in [3.63, 3.8) is 0 Å². The van der Waals surface area contributed by atoms with E-state index in [0.717, 1.165) is 0 Å². The van der Waals surface area contributed by atoms with Crippen molar-refractivity contribution < 1.29 is 46.6 Å². The molecular weight excluding hydrogens is 697 g/mol. The SMILES string of the molecule is CCC1(S(=O)(=O)NC(=O)[C@@]23C[C@H]2C=CCC[C@H](C)C[C@@H](C)[C@H](NC(=O)O)C(=O)N2C[C@H](Oc4nccc5cc(OC)c(F)cc45)C[C@H]2C(=O)N3)CC1. The van der Waals surface area contributed by atoms with Crippen LogP contribution in [0.2, 0.25) is 0 Å². The van der Waals surface area contributed by atoms with Crippen molar-refractivity contribution in [1.29, 1.82) is 0 Å². The molecule has 2 aliphatic heterocycles. The van der Waals surface area contributed by atoms with Crippen LogP contribution >= 0.6 is 0 Å². The molecule has 3 fully saturated rings. The molecule has 52 heavy (non-hydrogen) atoms. The average molecular weight is 744 g/mol. The topological polar surface area (TPSA) is 193 Å². The summed E-state index contributed by atoms with van der Waals surface area (Å²) in [5.41, 5.74) is -1.58. The van der Waals surface area contributed by atoms with Gasteiger partial charge in [-0.2, -0.15) is 0 Å². The van der Waals surface area contributed by atoms with Gasteiger partial charge in [-0.1, -0.05) is 32.9 Å². The molecule has 2 saturated carbocycles. The second-order valence-corrected chi connectivity index (χ2v) is 16.9. The number of fused-ring (bicyclic) bond motifs is 3. The highest BCUT2D eigenvalue weighted by Gasteiger charge is 2.63. The second kappa shape index (κ2) is 14.2. The average Bonchev–Trinajstić information content (AvgIpc) is 4.00. The number of methoxy groups -OCH3 is 1. The van der Waals surface area contributed by atoms with Crippen LogP contribution in [0.15, 0.2) is 36.5 Å². The quantitative estimate of drug-likeness (QED) is 0.290. The van der Waals surface area contributed by atoms with Gasteiger partial charge in [0.25, 0.3) is 5.91 Å². The number of amides is 4. The zero-order valence-corrected chi connectivity index (χ0v) is 30.5. The fourth-order valence-corrected chi connectivity index (χ4v) is 9.44. The van der Waals surface area contributed by atoms with Gasteiger partial charge in [0.15, 0.2) is 11.6 Å². The van der Waals surface area contributed by atoms with Crippen molar-refractivity contribution in [3.05, 3.63) is 42.4 Å². The molecular formula is C36H46FN5O9S. The summed E-state index contributed by atoms with van der Waals surface area (Å²) in [5.74, 6) is -3.60. The molecule has 16 heteroatoms. The fourth-order valence-electron chi connectivity index (χ4n) is 7.78. The number of pyridine rings is 1. The monoisotopic (exact) mass is 743 g/mol. The van der Waals surface area contributed by atoms with Crippen molar-refractivity contribution in [2.45, 2.75) is 101 Å². The molecule has 1 aromatic carbocycles. The van der Waals surface area contributed by atoms with E-state index in [9.17, 15) is 37.1 Å². The van der Waals surface area contributed by atoms with Gasteiger partial charge < -0.3 is 30.1 Å². The van der Waals surface area contributed by atoms with Crippen molar-refractivity contribution >= 4 is 44.6 Å². The van der Waals surface area contributed by atoms with Crippen LogP contribution in [0.3, 0.4) is 0 Å². The first-order valence-electron chi connectivity index (χ1n) is 17.8. The van der Waals surface area contributed by atoms with Crippen LogP contribution in [-0.4, -0.2) is 89.4 Å². The van der Waals surface area contributed by atoms with Gasteiger partial charge in [-0.15, -0.1) is 0 Å². The van der Waals surface area contributed by atoms with Gasteiger partial charge in [-0.3, -0.25) is 19.1 Å². The predicted molar refractivity (Wildman–Crippen MR) is 187 cm³/mol. The minimum Gasteiger partial charge on any atom is -0.494 e. The van der Waals surface area contributed by atoms with Crippen LogP contribution in [0, 0.1) is 23.6 Å². The van der Waals surface area contributed by atoms with Crippen LogP contribution in [0.5, 0.6) is 11.6 Å². The summed E-state index contributed by atoms with van der Waals surface area (Å²) >= 11 is 0. The zero-order valence-electron chi connectivity index (χ0n) is 29.7. The number of nitrogens with zero attached hydrogens (tertiary/aromatic N) is 2. The molecule has 7 atom stereocenters.